The van der Waals surface area contributed by atoms with Gasteiger partial charge in [0, 0.05) is 6.54 Å². The van der Waals surface area contributed by atoms with Crippen molar-refractivity contribution in [2.45, 2.75) is 26.4 Å². The molecule has 0 spiro atoms. The molecule has 0 fully saturated rings. The highest BCUT2D eigenvalue weighted by atomic mass is 35.5. The lowest BCUT2D eigenvalue weighted by Crippen LogP contribution is -2.21. The number of hydrogen-bond donors (Lipinski definition) is 2. The molecule has 0 bridgehead atoms. The van der Waals surface area contributed by atoms with E-state index in [9.17, 15) is 5.11 Å². The summed E-state index contributed by atoms with van der Waals surface area (Å²) in [4.78, 5) is 0. The van der Waals surface area contributed by atoms with Gasteiger partial charge in [-0.05, 0) is 24.5 Å². The highest BCUT2D eigenvalue weighted by Crippen LogP contribution is 2.23. The third kappa shape index (κ3) is 4.26. The fraction of sp³-hybridized carbons (Fsp3) is 0.462. The van der Waals surface area contributed by atoms with Crippen LogP contribution >= 0.6 is 11.6 Å². The molecule has 0 aromatic heterocycles. The van der Waals surface area contributed by atoms with E-state index in [0.29, 0.717) is 28.7 Å². The first-order valence-corrected chi connectivity index (χ1v) is 6.03. The summed E-state index contributed by atoms with van der Waals surface area (Å²) in [6, 6.07) is 7.29. The van der Waals surface area contributed by atoms with Gasteiger partial charge in [-0.1, -0.05) is 31.5 Å². The molecule has 2 N–H and O–H groups in total. The Kier molecular flexibility index (Phi) is 5.27. The quantitative estimate of drug-likeness (QED) is 0.847. The summed E-state index contributed by atoms with van der Waals surface area (Å²) in [7, 11) is 0. The summed E-state index contributed by atoms with van der Waals surface area (Å²) in [6.07, 6.45) is 0.315. The Balaban J connectivity index is 2.64. The molecule has 0 saturated heterocycles. The average molecular weight is 253 g/mol. The SMILES string of the molecule is CC(C)CC(O)CNc1cccc(Cl)c1C#N. The molecule has 0 heterocycles. The first-order chi connectivity index (χ1) is 8.04. The smallest absolute Gasteiger partial charge is 0.103 e. The molecule has 1 aromatic rings. The predicted octanol–water partition coefficient (Wildman–Crippen LogP) is 3.03. The number of rotatable bonds is 5. The molecule has 4 heteroatoms. The highest BCUT2D eigenvalue weighted by Gasteiger charge is 2.09. The van der Waals surface area contributed by atoms with Crippen molar-refractivity contribution in [1.82, 2.24) is 0 Å². The molecule has 0 amide bonds. The van der Waals surface area contributed by atoms with Gasteiger partial charge in [-0.15, -0.1) is 0 Å². The Morgan fingerprint density at radius 1 is 1.47 bits per heavy atom. The van der Waals surface area contributed by atoms with Crippen LogP contribution in [0.15, 0.2) is 18.2 Å². The third-order valence-corrected chi connectivity index (χ3v) is 2.71. The van der Waals surface area contributed by atoms with E-state index in [-0.39, 0.29) is 0 Å². The second-order valence-corrected chi connectivity index (χ2v) is 4.85. The van der Waals surface area contributed by atoms with Gasteiger partial charge in [-0.2, -0.15) is 5.26 Å². The van der Waals surface area contributed by atoms with E-state index in [1.54, 1.807) is 18.2 Å². The molecule has 3 nitrogen and oxygen atoms in total. The molecule has 1 rings (SSSR count). The summed E-state index contributed by atoms with van der Waals surface area (Å²) in [5.74, 6) is 0.446. The van der Waals surface area contributed by atoms with Crippen LogP contribution in [0.4, 0.5) is 5.69 Å². The lowest BCUT2D eigenvalue weighted by Gasteiger charge is -2.15. The summed E-state index contributed by atoms with van der Waals surface area (Å²) < 4.78 is 0. The van der Waals surface area contributed by atoms with Crippen LogP contribution in [0, 0.1) is 17.2 Å². The van der Waals surface area contributed by atoms with Crippen LogP contribution < -0.4 is 5.32 Å². The van der Waals surface area contributed by atoms with Crippen LogP contribution in [0.25, 0.3) is 0 Å². The minimum Gasteiger partial charge on any atom is -0.391 e. The number of hydrogen-bond acceptors (Lipinski definition) is 3. The zero-order valence-electron chi connectivity index (χ0n) is 10.1. The monoisotopic (exact) mass is 252 g/mol. The number of aliphatic hydroxyl groups is 1. The minimum atomic E-state index is -0.416. The molecule has 0 radical (unpaired) electrons. The van der Waals surface area contributed by atoms with Crippen molar-refractivity contribution in [3.05, 3.63) is 28.8 Å². The highest BCUT2D eigenvalue weighted by molar-refractivity contribution is 6.32. The zero-order valence-corrected chi connectivity index (χ0v) is 10.8. The molecule has 0 aliphatic carbocycles. The second kappa shape index (κ2) is 6.48. The van der Waals surface area contributed by atoms with Gasteiger partial charge in [-0.3, -0.25) is 0 Å². The van der Waals surface area contributed by atoms with Crippen LogP contribution in [0.5, 0.6) is 0 Å². The first-order valence-electron chi connectivity index (χ1n) is 5.65. The topological polar surface area (TPSA) is 56.0 Å². The number of benzene rings is 1. The van der Waals surface area contributed by atoms with Crippen LogP contribution in [0.3, 0.4) is 0 Å². The molecule has 1 aromatic carbocycles. The van der Waals surface area contributed by atoms with Gasteiger partial charge in [-0.25, -0.2) is 0 Å². The zero-order chi connectivity index (χ0) is 12.8. The fourth-order valence-electron chi connectivity index (χ4n) is 1.64. The lowest BCUT2D eigenvalue weighted by molar-refractivity contribution is 0.161. The van der Waals surface area contributed by atoms with E-state index in [2.05, 4.69) is 25.2 Å². The van der Waals surface area contributed by atoms with Gasteiger partial charge in [0.2, 0.25) is 0 Å². The Morgan fingerprint density at radius 2 is 2.18 bits per heavy atom. The van der Waals surface area contributed by atoms with Crippen molar-refractivity contribution in [2.75, 3.05) is 11.9 Å². The molecule has 17 heavy (non-hydrogen) atoms. The van der Waals surface area contributed by atoms with Gasteiger partial charge in [0.1, 0.15) is 6.07 Å². The maximum atomic E-state index is 9.74. The fourth-order valence-corrected chi connectivity index (χ4v) is 1.86. The number of nitrogens with one attached hydrogen (secondary N) is 1. The second-order valence-electron chi connectivity index (χ2n) is 4.44. The lowest BCUT2D eigenvalue weighted by atomic mass is 10.1. The predicted molar refractivity (Wildman–Crippen MR) is 70.1 cm³/mol. The number of nitrogens with zero attached hydrogens (tertiary/aromatic N) is 1. The van der Waals surface area contributed by atoms with Gasteiger partial charge in [0.15, 0.2) is 0 Å². The molecule has 92 valence electrons. The molecule has 0 aliphatic rings. The van der Waals surface area contributed by atoms with E-state index in [4.69, 9.17) is 16.9 Å². The van der Waals surface area contributed by atoms with E-state index < -0.39 is 6.10 Å². The van der Waals surface area contributed by atoms with Crippen LogP contribution in [0.1, 0.15) is 25.8 Å². The summed E-state index contributed by atoms with van der Waals surface area (Å²) >= 11 is 5.90. The Labute approximate surface area is 107 Å². The van der Waals surface area contributed by atoms with Gasteiger partial charge in [0.25, 0.3) is 0 Å². The van der Waals surface area contributed by atoms with Crippen molar-refractivity contribution in [3.8, 4) is 6.07 Å². The van der Waals surface area contributed by atoms with Crippen molar-refractivity contribution in [3.63, 3.8) is 0 Å². The normalized spacial score (nSPS) is 12.2. The Morgan fingerprint density at radius 3 is 2.76 bits per heavy atom. The van der Waals surface area contributed by atoms with E-state index in [1.165, 1.54) is 0 Å². The number of nitriles is 1. The van der Waals surface area contributed by atoms with E-state index >= 15 is 0 Å². The summed E-state index contributed by atoms with van der Waals surface area (Å²) in [6.45, 7) is 4.54. The first kappa shape index (κ1) is 13.8. The van der Waals surface area contributed by atoms with Crippen molar-refractivity contribution >= 4 is 17.3 Å². The van der Waals surface area contributed by atoms with Crippen molar-refractivity contribution in [1.29, 1.82) is 5.26 Å². The van der Waals surface area contributed by atoms with Crippen LogP contribution in [-0.4, -0.2) is 17.8 Å². The summed E-state index contributed by atoms with van der Waals surface area (Å²) in [5.41, 5.74) is 1.09. The van der Waals surface area contributed by atoms with Crippen molar-refractivity contribution < 1.29 is 5.11 Å². The van der Waals surface area contributed by atoms with E-state index in [0.717, 1.165) is 6.42 Å². The summed E-state index contributed by atoms with van der Waals surface area (Å²) in [5, 5.41) is 22.2. The molecular formula is C13H17ClN2O. The number of aliphatic hydroxyl groups excluding tert-OH is 1. The van der Waals surface area contributed by atoms with Gasteiger partial charge in [0.05, 0.1) is 22.4 Å². The molecular weight excluding hydrogens is 236 g/mol. The van der Waals surface area contributed by atoms with Crippen LogP contribution in [-0.2, 0) is 0 Å². The maximum Gasteiger partial charge on any atom is 0.103 e. The van der Waals surface area contributed by atoms with E-state index in [1.807, 2.05) is 0 Å². The molecule has 0 saturated carbocycles. The van der Waals surface area contributed by atoms with Gasteiger partial charge >= 0.3 is 0 Å². The Hall–Kier alpha value is -1.24. The maximum absolute atomic E-state index is 9.74. The largest absolute Gasteiger partial charge is 0.391 e. The Bertz CT molecular complexity index is 412. The standard InChI is InChI=1S/C13H17ClN2O/c1-9(2)6-10(17)8-16-13-5-3-4-12(14)11(13)7-15/h3-5,9-10,16-17H,6,8H2,1-2H3. The molecule has 0 aliphatic heterocycles. The molecule has 1 atom stereocenters. The van der Waals surface area contributed by atoms with Crippen molar-refractivity contribution in [2.24, 2.45) is 5.92 Å². The number of anilines is 1. The third-order valence-electron chi connectivity index (χ3n) is 2.40. The number of halogens is 1. The molecule has 1 unspecified atom stereocenters. The minimum absolute atomic E-state index is 0.416. The van der Waals surface area contributed by atoms with Crippen LogP contribution in [0.2, 0.25) is 5.02 Å². The van der Waals surface area contributed by atoms with Gasteiger partial charge < -0.3 is 10.4 Å². The average Bonchev–Trinajstić information content (AvgIpc) is 2.25.